The zero-order valence-corrected chi connectivity index (χ0v) is 13.5. The number of amides is 1. The second-order valence-corrected chi connectivity index (χ2v) is 7.31. The molecule has 0 saturated heterocycles. The molecule has 0 saturated carbocycles. The Bertz CT molecular complexity index is 831. The topological polar surface area (TPSA) is 108 Å². The van der Waals surface area contributed by atoms with Crippen molar-refractivity contribution >= 4 is 27.3 Å². The normalized spacial score (nSPS) is 16.8. The van der Waals surface area contributed by atoms with E-state index in [2.05, 4.69) is 5.32 Å². The van der Waals surface area contributed by atoms with Gasteiger partial charge in [0.05, 0.1) is 6.54 Å². The number of carbonyl (C=O) groups excluding carboxylic acids is 1. The van der Waals surface area contributed by atoms with Crippen molar-refractivity contribution in [3.63, 3.8) is 0 Å². The molecule has 122 valence electrons. The minimum atomic E-state index is -3.92. The van der Waals surface area contributed by atoms with Crippen LogP contribution < -0.4 is 19.9 Å². The third kappa shape index (κ3) is 3.46. The van der Waals surface area contributed by atoms with Crippen molar-refractivity contribution in [2.45, 2.75) is 11.0 Å². The average molecular weight is 354 g/mol. The number of thiophene rings is 1. The van der Waals surface area contributed by atoms with Crippen molar-refractivity contribution in [1.82, 2.24) is 5.32 Å². The number of hydrogen-bond acceptors (Lipinski definition) is 6. The molecule has 0 unspecified atom stereocenters. The Morgan fingerprint density at radius 1 is 1.30 bits per heavy atom. The highest BCUT2D eigenvalue weighted by molar-refractivity contribution is 7.89. The molecule has 0 spiro atoms. The number of ether oxygens (including phenoxy) is 2. The molecule has 1 aliphatic rings. The summed E-state index contributed by atoms with van der Waals surface area (Å²) in [6, 6.07) is 8.56. The summed E-state index contributed by atoms with van der Waals surface area (Å²) in [6.07, 6.45) is -0.355. The van der Waals surface area contributed by atoms with Crippen LogP contribution in [-0.4, -0.2) is 33.6 Å². The summed E-state index contributed by atoms with van der Waals surface area (Å²) in [5.41, 5.74) is 0. The van der Waals surface area contributed by atoms with Crippen molar-refractivity contribution in [3.05, 3.63) is 40.6 Å². The van der Waals surface area contributed by atoms with Crippen LogP contribution in [0.25, 0.3) is 0 Å². The molecule has 1 aromatic heterocycles. The van der Waals surface area contributed by atoms with Gasteiger partial charge in [-0.05, 0) is 23.6 Å². The van der Waals surface area contributed by atoms with Crippen molar-refractivity contribution in [3.8, 4) is 11.5 Å². The number of nitrogens with one attached hydrogen (secondary N) is 1. The molecule has 1 atom stereocenters. The molecule has 0 radical (unpaired) electrons. The van der Waals surface area contributed by atoms with Crippen LogP contribution >= 0.6 is 11.3 Å². The number of hydrogen-bond donors (Lipinski definition) is 2. The van der Waals surface area contributed by atoms with E-state index in [-0.39, 0.29) is 22.4 Å². The Morgan fingerprint density at radius 2 is 2.04 bits per heavy atom. The van der Waals surface area contributed by atoms with Crippen molar-refractivity contribution in [2.75, 3.05) is 13.2 Å². The lowest BCUT2D eigenvalue weighted by Gasteiger charge is -2.26. The fraction of sp³-hybridized carbons (Fsp3) is 0.214. The number of sulfonamides is 1. The summed E-state index contributed by atoms with van der Waals surface area (Å²) in [6.45, 7) is 0.485. The molecule has 2 heterocycles. The van der Waals surface area contributed by atoms with Crippen LogP contribution in [0.5, 0.6) is 11.5 Å². The summed E-state index contributed by atoms with van der Waals surface area (Å²) >= 11 is 1.02. The lowest BCUT2D eigenvalue weighted by atomic mass is 10.2. The van der Waals surface area contributed by atoms with Gasteiger partial charge in [0.15, 0.2) is 11.5 Å². The van der Waals surface area contributed by atoms with Gasteiger partial charge in [-0.15, -0.1) is 11.3 Å². The van der Waals surface area contributed by atoms with Gasteiger partial charge in [-0.1, -0.05) is 12.1 Å². The highest BCUT2D eigenvalue weighted by Gasteiger charge is 2.24. The molecule has 1 amide bonds. The van der Waals surface area contributed by atoms with Crippen molar-refractivity contribution < 1.29 is 22.7 Å². The molecule has 1 aromatic carbocycles. The largest absolute Gasteiger partial charge is 0.486 e. The first-order valence-electron chi connectivity index (χ1n) is 6.72. The number of benzene rings is 1. The highest BCUT2D eigenvalue weighted by Crippen LogP contribution is 2.30. The van der Waals surface area contributed by atoms with E-state index >= 15 is 0 Å². The minimum Gasteiger partial charge on any atom is -0.486 e. The van der Waals surface area contributed by atoms with Crippen LogP contribution in [0.2, 0.25) is 0 Å². The maximum atomic E-state index is 12.1. The van der Waals surface area contributed by atoms with Gasteiger partial charge < -0.3 is 14.8 Å². The standard InChI is InChI=1S/C14H14N2O5S2/c15-23(18,19)12-5-6-22-13(12)14(17)16-7-9-8-20-10-3-1-2-4-11(10)21-9/h1-6,9H,7-8H2,(H,16,17)(H2,15,18,19)/t9-/m0/s1. The Balaban J connectivity index is 1.64. The molecular weight excluding hydrogens is 340 g/mol. The average Bonchev–Trinajstić information content (AvgIpc) is 3.02. The number of primary sulfonamides is 1. The van der Waals surface area contributed by atoms with Crippen LogP contribution in [0.4, 0.5) is 0 Å². The van der Waals surface area contributed by atoms with E-state index in [1.807, 2.05) is 12.1 Å². The summed E-state index contributed by atoms with van der Waals surface area (Å²) in [5, 5.41) is 9.24. The van der Waals surface area contributed by atoms with Gasteiger partial charge >= 0.3 is 0 Å². The van der Waals surface area contributed by atoms with Crippen molar-refractivity contribution in [1.29, 1.82) is 0 Å². The van der Waals surface area contributed by atoms with E-state index in [1.54, 1.807) is 12.1 Å². The Labute approximate surface area is 137 Å². The summed E-state index contributed by atoms with van der Waals surface area (Å²) < 4.78 is 34.1. The van der Waals surface area contributed by atoms with Crippen LogP contribution in [-0.2, 0) is 10.0 Å². The summed E-state index contributed by atoms with van der Waals surface area (Å²) in [4.78, 5) is 12.0. The second-order valence-electron chi connectivity index (χ2n) is 4.87. The molecule has 7 nitrogen and oxygen atoms in total. The van der Waals surface area contributed by atoms with Crippen LogP contribution in [0, 0.1) is 0 Å². The smallest absolute Gasteiger partial charge is 0.262 e. The van der Waals surface area contributed by atoms with E-state index in [0.29, 0.717) is 18.1 Å². The van der Waals surface area contributed by atoms with Gasteiger partial charge in [-0.2, -0.15) is 0 Å². The zero-order chi connectivity index (χ0) is 16.4. The molecular formula is C14H14N2O5S2. The molecule has 3 rings (SSSR count). The molecule has 0 fully saturated rings. The number of nitrogens with two attached hydrogens (primary N) is 1. The fourth-order valence-corrected chi connectivity index (χ4v) is 4.03. The Kier molecular flexibility index (Phi) is 4.24. The van der Waals surface area contributed by atoms with Crippen LogP contribution in [0.3, 0.4) is 0 Å². The molecule has 0 aliphatic carbocycles. The van der Waals surface area contributed by atoms with Crippen molar-refractivity contribution in [2.24, 2.45) is 5.14 Å². The van der Waals surface area contributed by atoms with Crippen LogP contribution in [0.15, 0.2) is 40.6 Å². The first-order valence-corrected chi connectivity index (χ1v) is 9.15. The van der Waals surface area contributed by atoms with E-state index in [9.17, 15) is 13.2 Å². The van der Waals surface area contributed by atoms with E-state index in [4.69, 9.17) is 14.6 Å². The van der Waals surface area contributed by atoms with Gasteiger partial charge in [0.2, 0.25) is 10.0 Å². The van der Waals surface area contributed by atoms with Gasteiger partial charge in [0.1, 0.15) is 22.5 Å². The number of rotatable bonds is 4. The van der Waals surface area contributed by atoms with Crippen LogP contribution in [0.1, 0.15) is 9.67 Å². The number of fused-ring (bicyclic) bond motifs is 1. The summed E-state index contributed by atoms with van der Waals surface area (Å²) in [5.74, 6) is 0.760. The molecule has 0 bridgehead atoms. The second kappa shape index (κ2) is 6.19. The molecule has 23 heavy (non-hydrogen) atoms. The number of para-hydroxylation sites is 2. The zero-order valence-electron chi connectivity index (χ0n) is 11.9. The summed E-state index contributed by atoms with van der Waals surface area (Å²) in [7, 11) is -3.92. The maximum Gasteiger partial charge on any atom is 0.262 e. The minimum absolute atomic E-state index is 0.0598. The lowest BCUT2D eigenvalue weighted by molar-refractivity contribution is 0.0790. The fourth-order valence-electron chi connectivity index (χ4n) is 2.14. The number of carbonyl (C=O) groups is 1. The van der Waals surface area contributed by atoms with E-state index in [1.165, 1.54) is 11.4 Å². The predicted molar refractivity (Wildman–Crippen MR) is 84.4 cm³/mol. The SMILES string of the molecule is NS(=O)(=O)c1ccsc1C(=O)NC[C@H]1COc2ccccc2O1. The third-order valence-electron chi connectivity index (χ3n) is 3.20. The van der Waals surface area contributed by atoms with E-state index in [0.717, 1.165) is 11.3 Å². The molecule has 2 aromatic rings. The lowest BCUT2D eigenvalue weighted by Crippen LogP contribution is -2.40. The van der Waals surface area contributed by atoms with Gasteiger partial charge in [0, 0.05) is 0 Å². The Morgan fingerprint density at radius 3 is 2.78 bits per heavy atom. The third-order valence-corrected chi connectivity index (χ3v) is 5.20. The van der Waals surface area contributed by atoms with Gasteiger partial charge in [0.25, 0.3) is 5.91 Å². The predicted octanol–water partition coefficient (Wildman–Crippen LogP) is 0.965. The Hall–Kier alpha value is -2.10. The maximum absolute atomic E-state index is 12.1. The molecule has 3 N–H and O–H groups in total. The first-order chi connectivity index (χ1) is 10.9. The highest BCUT2D eigenvalue weighted by atomic mass is 32.2. The molecule has 1 aliphatic heterocycles. The monoisotopic (exact) mass is 354 g/mol. The van der Waals surface area contributed by atoms with Gasteiger partial charge in [-0.25, -0.2) is 13.6 Å². The molecule has 9 heteroatoms. The first kappa shape index (κ1) is 15.8. The van der Waals surface area contributed by atoms with Gasteiger partial charge in [-0.3, -0.25) is 4.79 Å². The quantitative estimate of drug-likeness (QED) is 0.850. The van der Waals surface area contributed by atoms with E-state index < -0.39 is 15.9 Å².